The van der Waals surface area contributed by atoms with Crippen LogP contribution in [0.3, 0.4) is 0 Å². The van der Waals surface area contributed by atoms with E-state index in [2.05, 4.69) is 4.98 Å². The van der Waals surface area contributed by atoms with E-state index in [9.17, 15) is 4.79 Å². The molecular formula is C10H13N3O. The van der Waals surface area contributed by atoms with E-state index in [1.54, 1.807) is 7.05 Å². The molecule has 1 rings (SSSR count). The predicted molar refractivity (Wildman–Crippen MR) is 52.7 cm³/mol. The molecule has 4 nitrogen and oxygen atoms in total. The number of nitrogens with zero attached hydrogens (tertiary/aromatic N) is 3. The van der Waals surface area contributed by atoms with Gasteiger partial charge in [-0.25, -0.2) is 4.79 Å². The zero-order chi connectivity index (χ0) is 10.7. The topological polar surface area (TPSA) is 58.7 Å². The van der Waals surface area contributed by atoms with Crippen molar-refractivity contribution in [1.82, 2.24) is 9.55 Å². The van der Waals surface area contributed by atoms with Gasteiger partial charge in [0.15, 0.2) is 0 Å². The Hall–Kier alpha value is -1.63. The van der Waals surface area contributed by atoms with Crippen LogP contribution < -0.4 is 5.69 Å². The Morgan fingerprint density at radius 3 is 2.79 bits per heavy atom. The Kier molecular flexibility index (Phi) is 3.03. The lowest BCUT2D eigenvalue weighted by molar-refractivity contribution is 0.624. The molecule has 1 aromatic rings. The molecule has 0 unspecified atom stereocenters. The Balaban J connectivity index is 3.22. The first-order valence-corrected chi connectivity index (χ1v) is 4.51. The molecule has 0 aliphatic heterocycles. The quantitative estimate of drug-likeness (QED) is 0.696. The normalized spacial score (nSPS) is 10.2. The highest BCUT2D eigenvalue weighted by Gasteiger charge is 2.08. The van der Waals surface area contributed by atoms with Crippen molar-refractivity contribution in [2.75, 3.05) is 0 Å². The zero-order valence-corrected chi connectivity index (χ0v) is 8.61. The van der Waals surface area contributed by atoms with Crippen LogP contribution >= 0.6 is 0 Å². The van der Waals surface area contributed by atoms with E-state index >= 15 is 0 Å². The molecule has 0 aliphatic rings. The van der Waals surface area contributed by atoms with Crippen LogP contribution in [0, 0.1) is 17.2 Å². The summed E-state index contributed by atoms with van der Waals surface area (Å²) in [6.45, 7) is 4.06. The first-order chi connectivity index (χ1) is 6.54. The maximum absolute atomic E-state index is 11.2. The van der Waals surface area contributed by atoms with Gasteiger partial charge in [-0.1, -0.05) is 13.8 Å². The molecular weight excluding hydrogens is 178 g/mol. The second-order valence-corrected chi connectivity index (χ2v) is 3.70. The molecule has 0 bridgehead atoms. The summed E-state index contributed by atoms with van der Waals surface area (Å²) in [5.74, 6) is 0.390. The summed E-state index contributed by atoms with van der Waals surface area (Å²) in [6.07, 6.45) is 2.20. The van der Waals surface area contributed by atoms with Crippen molar-refractivity contribution in [2.24, 2.45) is 13.0 Å². The number of hydrogen-bond donors (Lipinski definition) is 0. The van der Waals surface area contributed by atoms with Crippen molar-refractivity contribution in [3.63, 3.8) is 0 Å². The number of aryl methyl sites for hydroxylation is 1. The van der Waals surface area contributed by atoms with Crippen LogP contribution in [0.15, 0.2) is 11.0 Å². The molecule has 0 aromatic carbocycles. The third-order valence-corrected chi connectivity index (χ3v) is 1.89. The summed E-state index contributed by atoms with van der Waals surface area (Å²) < 4.78 is 1.32. The second-order valence-electron chi connectivity index (χ2n) is 3.70. The smallest absolute Gasteiger partial charge is 0.301 e. The van der Waals surface area contributed by atoms with Gasteiger partial charge < -0.3 is 4.57 Å². The van der Waals surface area contributed by atoms with E-state index in [4.69, 9.17) is 5.26 Å². The number of hydrogen-bond acceptors (Lipinski definition) is 3. The number of nitriles is 1. The molecule has 0 N–H and O–H groups in total. The third kappa shape index (κ3) is 2.19. The molecule has 0 saturated carbocycles. The third-order valence-electron chi connectivity index (χ3n) is 1.89. The van der Waals surface area contributed by atoms with Crippen molar-refractivity contribution in [3.05, 3.63) is 27.9 Å². The van der Waals surface area contributed by atoms with Gasteiger partial charge in [0.05, 0.1) is 11.3 Å². The van der Waals surface area contributed by atoms with Gasteiger partial charge in [-0.15, -0.1) is 0 Å². The maximum Gasteiger partial charge on any atom is 0.347 e. The fraction of sp³-hybridized carbons (Fsp3) is 0.500. The highest BCUT2D eigenvalue weighted by atomic mass is 16.1. The molecule has 14 heavy (non-hydrogen) atoms. The summed E-state index contributed by atoms with van der Waals surface area (Å²) in [4.78, 5) is 15.1. The molecule has 4 heteroatoms. The first-order valence-electron chi connectivity index (χ1n) is 4.51. The average Bonchev–Trinajstić information content (AvgIpc) is 2.10. The van der Waals surface area contributed by atoms with Gasteiger partial charge in [-0.05, 0) is 12.3 Å². The lowest BCUT2D eigenvalue weighted by atomic mass is 10.1. The van der Waals surface area contributed by atoms with Crippen LogP contribution in [0.5, 0.6) is 0 Å². The Bertz CT molecular complexity index is 426. The lowest BCUT2D eigenvalue weighted by Crippen LogP contribution is -2.22. The minimum atomic E-state index is -0.306. The van der Waals surface area contributed by atoms with Crippen LogP contribution in [0.1, 0.15) is 25.1 Å². The van der Waals surface area contributed by atoms with Crippen molar-refractivity contribution in [2.45, 2.75) is 20.3 Å². The van der Waals surface area contributed by atoms with Gasteiger partial charge in [-0.3, -0.25) is 0 Å². The number of rotatable bonds is 2. The van der Waals surface area contributed by atoms with E-state index in [0.29, 0.717) is 23.6 Å². The molecule has 1 aromatic heterocycles. The van der Waals surface area contributed by atoms with Gasteiger partial charge in [0.2, 0.25) is 0 Å². The van der Waals surface area contributed by atoms with Gasteiger partial charge >= 0.3 is 5.69 Å². The van der Waals surface area contributed by atoms with Crippen LogP contribution in [-0.2, 0) is 13.5 Å². The lowest BCUT2D eigenvalue weighted by Gasteiger charge is -2.06. The molecule has 1 heterocycles. The zero-order valence-electron chi connectivity index (χ0n) is 8.61. The van der Waals surface area contributed by atoms with Gasteiger partial charge in [0.25, 0.3) is 0 Å². The SMILES string of the molecule is CC(C)Cc1nc(=O)n(C)cc1C#N. The molecule has 0 radical (unpaired) electrons. The van der Waals surface area contributed by atoms with E-state index in [0.717, 1.165) is 0 Å². The molecule has 0 spiro atoms. The van der Waals surface area contributed by atoms with Crippen LogP contribution in [0.2, 0.25) is 0 Å². The molecule has 0 aliphatic carbocycles. The molecule has 0 amide bonds. The highest BCUT2D eigenvalue weighted by Crippen LogP contribution is 2.07. The molecule has 0 saturated heterocycles. The molecule has 0 atom stereocenters. The maximum atomic E-state index is 11.2. The van der Waals surface area contributed by atoms with Gasteiger partial charge in [-0.2, -0.15) is 10.2 Å². The minimum Gasteiger partial charge on any atom is -0.301 e. The molecule has 74 valence electrons. The fourth-order valence-corrected chi connectivity index (χ4v) is 1.21. The minimum absolute atomic E-state index is 0.306. The summed E-state index contributed by atoms with van der Waals surface area (Å²) in [6, 6.07) is 2.05. The van der Waals surface area contributed by atoms with E-state index in [1.165, 1.54) is 10.8 Å². The Labute approximate surface area is 82.8 Å². The first kappa shape index (κ1) is 10.5. The van der Waals surface area contributed by atoms with Crippen molar-refractivity contribution in [1.29, 1.82) is 5.26 Å². The fourth-order valence-electron chi connectivity index (χ4n) is 1.21. The van der Waals surface area contributed by atoms with E-state index in [-0.39, 0.29) is 5.69 Å². The van der Waals surface area contributed by atoms with Crippen LogP contribution in [0.4, 0.5) is 0 Å². The predicted octanol–water partition coefficient (Wildman–Crippen LogP) is 0.850. The van der Waals surface area contributed by atoms with Crippen molar-refractivity contribution in [3.8, 4) is 6.07 Å². The van der Waals surface area contributed by atoms with Crippen molar-refractivity contribution >= 4 is 0 Å². The van der Waals surface area contributed by atoms with Crippen molar-refractivity contribution < 1.29 is 0 Å². The monoisotopic (exact) mass is 191 g/mol. The van der Waals surface area contributed by atoms with Crippen LogP contribution in [-0.4, -0.2) is 9.55 Å². The Morgan fingerprint density at radius 1 is 1.64 bits per heavy atom. The summed E-state index contributed by atoms with van der Waals surface area (Å²) in [5, 5.41) is 8.84. The second kappa shape index (κ2) is 4.05. The Morgan fingerprint density at radius 2 is 2.29 bits per heavy atom. The summed E-state index contributed by atoms with van der Waals surface area (Å²) >= 11 is 0. The molecule has 0 fully saturated rings. The van der Waals surface area contributed by atoms with E-state index < -0.39 is 0 Å². The summed E-state index contributed by atoms with van der Waals surface area (Å²) in [7, 11) is 1.59. The standard InChI is InChI=1S/C10H13N3O/c1-7(2)4-9-8(5-11)6-13(3)10(14)12-9/h6-7H,4H2,1-3H3. The highest BCUT2D eigenvalue weighted by molar-refractivity contribution is 5.30. The van der Waals surface area contributed by atoms with Gasteiger partial charge in [0.1, 0.15) is 6.07 Å². The number of aromatic nitrogens is 2. The summed E-state index contributed by atoms with van der Waals surface area (Å²) in [5.41, 5.74) is 0.783. The van der Waals surface area contributed by atoms with Crippen LogP contribution in [0.25, 0.3) is 0 Å². The average molecular weight is 191 g/mol. The van der Waals surface area contributed by atoms with E-state index in [1.807, 2.05) is 19.9 Å². The van der Waals surface area contributed by atoms with Gasteiger partial charge in [0, 0.05) is 13.2 Å². The largest absolute Gasteiger partial charge is 0.347 e.